The minimum atomic E-state index is -0.809. The summed E-state index contributed by atoms with van der Waals surface area (Å²) in [6, 6.07) is 8.98. The smallest absolute Gasteiger partial charge is 0.248 e. The monoisotopic (exact) mass is 585 g/mol. The third kappa shape index (κ3) is 6.81. The Labute approximate surface area is 251 Å². The molecule has 3 atom stereocenters. The SMILES string of the molecule is CCCCN1C(=O)[C@@H]([C@H](O)C2CCCCC2)NC(=O)C1C1CCN(Cc2c(C)nn(-c3ccccc3)c2C)CC1.Cl. The van der Waals surface area contributed by atoms with Crippen molar-refractivity contribution in [3.8, 4) is 5.69 Å². The predicted octanol–water partition coefficient (Wildman–Crippen LogP) is 4.56. The molecule has 2 saturated heterocycles. The number of hydrogen-bond donors (Lipinski definition) is 2. The number of nitrogens with zero attached hydrogens (tertiary/aromatic N) is 4. The molecule has 8 nitrogen and oxygen atoms in total. The van der Waals surface area contributed by atoms with Crippen molar-refractivity contribution in [2.75, 3.05) is 19.6 Å². The van der Waals surface area contributed by atoms with Crippen LogP contribution in [0.1, 0.15) is 81.7 Å². The van der Waals surface area contributed by atoms with Crippen molar-refractivity contribution in [3.63, 3.8) is 0 Å². The molecule has 1 aliphatic carbocycles. The number of piperidine rings is 1. The lowest BCUT2D eigenvalue weighted by atomic mass is 9.80. The van der Waals surface area contributed by atoms with E-state index in [1.807, 2.05) is 27.8 Å². The van der Waals surface area contributed by atoms with Crippen LogP contribution < -0.4 is 5.32 Å². The van der Waals surface area contributed by atoms with Crippen LogP contribution in [0.4, 0.5) is 0 Å². The second-order valence-corrected chi connectivity index (χ2v) is 12.2. The van der Waals surface area contributed by atoms with Gasteiger partial charge >= 0.3 is 0 Å². The van der Waals surface area contributed by atoms with E-state index in [4.69, 9.17) is 5.10 Å². The van der Waals surface area contributed by atoms with Crippen LogP contribution in [0.2, 0.25) is 0 Å². The van der Waals surface area contributed by atoms with Crippen LogP contribution >= 0.6 is 12.4 Å². The average Bonchev–Trinajstić information content (AvgIpc) is 3.26. The van der Waals surface area contributed by atoms with Crippen molar-refractivity contribution in [3.05, 3.63) is 47.3 Å². The summed E-state index contributed by atoms with van der Waals surface area (Å²) in [6.07, 6.45) is 7.99. The summed E-state index contributed by atoms with van der Waals surface area (Å²) >= 11 is 0. The highest BCUT2D eigenvalue weighted by atomic mass is 35.5. The van der Waals surface area contributed by atoms with Gasteiger partial charge < -0.3 is 15.3 Å². The molecule has 226 valence electrons. The molecule has 2 N–H and O–H groups in total. The number of rotatable bonds is 9. The number of carbonyl (C=O) groups is 2. The minimum Gasteiger partial charge on any atom is -0.390 e. The lowest BCUT2D eigenvalue weighted by Gasteiger charge is -2.46. The van der Waals surface area contributed by atoms with E-state index in [9.17, 15) is 14.7 Å². The summed E-state index contributed by atoms with van der Waals surface area (Å²) in [7, 11) is 0. The number of aliphatic hydroxyl groups is 1. The van der Waals surface area contributed by atoms with E-state index in [1.54, 1.807) is 0 Å². The first-order valence-corrected chi connectivity index (χ1v) is 15.5. The van der Waals surface area contributed by atoms with E-state index in [0.29, 0.717) is 6.54 Å². The fourth-order valence-electron chi connectivity index (χ4n) is 7.16. The van der Waals surface area contributed by atoms with E-state index in [1.165, 1.54) is 12.0 Å². The second kappa shape index (κ2) is 14.2. The number of unbranched alkanes of at least 4 members (excludes halogenated alkanes) is 1. The predicted molar refractivity (Wildman–Crippen MR) is 163 cm³/mol. The first-order chi connectivity index (χ1) is 19.4. The van der Waals surface area contributed by atoms with Crippen molar-refractivity contribution >= 4 is 24.2 Å². The zero-order valence-electron chi connectivity index (χ0n) is 24.9. The lowest BCUT2D eigenvalue weighted by Crippen LogP contribution is -2.69. The normalized spacial score (nSPS) is 23.8. The summed E-state index contributed by atoms with van der Waals surface area (Å²) in [5.41, 5.74) is 4.54. The van der Waals surface area contributed by atoms with Crippen LogP contribution in [0.5, 0.6) is 0 Å². The largest absolute Gasteiger partial charge is 0.390 e. The number of piperazine rings is 1. The van der Waals surface area contributed by atoms with Gasteiger partial charge in [-0.3, -0.25) is 14.5 Å². The topological polar surface area (TPSA) is 90.7 Å². The van der Waals surface area contributed by atoms with Gasteiger partial charge in [0.15, 0.2) is 0 Å². The van der Waals surface area contributed by atoms with Gasteiger partial charge in [0.1, 0.15) is 12.1 Å². The standard InChI is InChI=1S/C32H47N5O3.ClH/c1-4-5-18-36-29(31(39)33-28(32(36)40)30(38)25-12-8-6-9-13-25)24-16-19-35(20-17-24)21-27-22(2)34-37(23(27)3)26-14-10-7-11-15-26;/h7,10-11,14-15,24-25,28-30,38H,4-6,8-9,12-13,16-21H2,1-3H3,(H,33,39);1H/t28-,29?,30-;/m1./s1. The van der Waals surface area contributed by atoms with Crippen LogP contribution in [-0.2, 0) is 16.1 Å². The number of aryl methyl sites for hydroxylation is 1. The van der Waals surface area contributed by atoms with Crippen molar-refractivity contribution in [2.24, 2.45) is 11.8 Å². The molecule has 1 aromatic heterocycles. The number of nitrogens with one attached hydrogen (secondary N) is 1. The molecule has 2 amide bonds. The Bertz CT molecular complexity index is 1160. The van der Waals surface area contributed by atoms with Crippen molar-refractivity contribution in [1.29, 1.82) is 0 Å². The number of benzene rings is 1. The maximum absolute atomic E-state index is 13.7. The van der Waals surface area contributed by atoms with Gasteiger partial charge in [-0.2, -0.15) is 5.10 Å². The Morgan fingerprint density at radius 2 is 1.71 bits per heavy atom. The van der Waals surface area contributed by atoms with Crippen molar-refractivity contribution in [2.45, 2.75) is 103 Å². The molecule has 3 heterocycles. The highest BCUT2D eigenvalue weighted by Gasteiger charge is 2.48. The van der Waals surface area contributed by atoms with Crippen molar-refractivity contribution < 1.29 is 14.7 Å². The van der Waals surface area contributed by atoms with E-state index in [2.05, 4.69) is 43.1 Å². The van der Waals surface area contributed by atoms with Crippen LogP contribution in [0, 0.1) is 25.7 Å². The third-order valence-corrected chi connectivity index (χ3v) is 9.58. The molecule has 1 unspecified atom stereocenters. The molecular formula is C32H48ClN5O3. The summed E-state index contributed by atoms with van der Waals surface area (Å²) in [4.78, 5) is 31.6. The highest BCUT2D eigenvalue weighted by molar-refractivity contribution is 5.97. The second-order valence-electron chi connectivity index (χ2n) is 12.2. The number of aliphatic hydroxyl groups excluding tert-OH is 1. The van der Waals surface area contributed by atoms with Crippen LogP contribution in [0.15, 0.2) is 30.3 Å². The Balaban J connectivity index is 0.00000387. The number of para-hydroxylation sites is 1. The van der Waals surface area contributed by atoms with Gasteiger partial charge in [-0.25, -0.2) is 4.68 Å². The van der Waals surface area contributed by atoms with Gasteiger partial charge in [-0.15, -0.1) is 12.4 Å². The fraction of sp³-hybridized carbons (Fsp3) is 0.656. The van der Waals surface area contributed by atoms with Gasteiger partial charge in [-0.1, -0.05) is 50.8 Å². The van der Waals surface area contributed by atoms with E-state index in [0.717, 1.165) is 88.1 Å². The summed E-state index contributed by atoms with van der Waals surface area (Å²) in [5, 5.41) is 19.0. The first-order valence-electron chi connectivity index (χ1n) is 15.5. The van der Waals surface area contributed by atoms with E-state index in [-0.39, 0.29) is 36.1 Å². The van der Waals surface area contributed by atoms with Gasteiger partial charge in [-0.05, 0) is 83.0 Å². The van der Waals surface area contributed by atoms with Gasteiger partial charge in [0.05, 0.1) is 17.5 Å². The summed E-state index contributed by atoms with van der Waals surface area (Å²) in [6.45, 7) is 9.51. The third-order valence-electron chi connectivity index (χ3n) is 9.58. The van der Waals surface area contributed by atoms with Gasteiger partial charge in [0.2, 0.25) is 11.8 Å². The Morgan fingerprint density at radius 1 is 1.02 bits per heavy atom. The number of halogens is 1. The molecule has 9 heteroatoms. The van der Waals surface area contributed by atoms with Gasteiger partial charge in [0, 0.05) is 24.3 Å². The number of hydrogen-bond acceptors (Lipinski definition) is 5. The van der Waals surface area contributed by atoms with Crippen LogP contribution in [0.25, 0.3) is 5.69 Å². The number of aromatic nitrogens is 2. The van der Waals surface area contributed by atoms with Crippen LogP contribution in [0.3, 0.4) is 0 Å². The summed E-state index contributed by atoms with van der Waals surface area (Å²) < 4.78 is 2.03. The molecule has 0 spiro atoms. The molecule has 0 radical (unpaired) electrons. The average molecular weight is 586 g/mol. The fourth-order valence-corrected chi connectivity index (χ4v) is 7.16. The molecule has 1 saturated carbocycles. The van der Waals surface area contributed by atoms with Crippen LogP contribution in [-0.4, -0.2) is 74.3 Å². The minimum absolute atomic E-state index is 0. The maximum Gasteiger partial charge on any atom is 0.248 e. The van der Waals surface area contributed by atoms with Gasteiger partial charge in [0.25, 0.3) is 0 Å². The zero-order valence-corrected chi connectivity index (χ0v) is 25.7. The van der Waals surface area contributed by atoms with Crippen molar-refractivity contribution in [1.82, 2.24) is 24.9 Å². The molecule has 2 aromatic rings. The summed E-state index contributed by atoms with van der Waals surface area (Å²) in [5.74, 6) is 0.0519. The lowest BCUT2D eigenvalue weighted by molar-refractivity contribution is -0.157. The Hall–Kier alpha value is -2.42. The molecule has 2 aliphatic heterocycles. The molecule has 0 bridgehead atoms. The quantitative estimate of drug-likeness (QED) is 0.450. The molecule has 41 heavy (non-hydrogen) atoms. The van der Waals surface area contributed by atoms with E-state index >= 15 is 0 Å². The van der Waals surface area contributed by atoms with E-state index < -0.39 is 18.2 Å². The molecule has 3 fully saturated rings. The number of amides is 2. The Kier molecular flexibility index (Phi) is 10.9. The first kappa shape index (κ1) is 31.5. The molecule has 3 aliphatic rings. The number of likely N-dealkylation sites (tertiary alicyclic amines) is 1. The molecule has 1 aromatic carbocycles. The zero-order chi connectivity index (χ0) is 28.2. The maximum atomic E-state index is 13.7. The Morgan fingerprint density at radius 3 is 2.37 bits per heavy atom. The molecule has 5 rings (SSSR count). The highest BCUT2D eigenvalue weighted by Crippen LogP contribution is 2.33. The number of carbonyl (C=O) groups excluding carboxylic acids is 2. The molecular weight excluding hydrogens is 538 g/mol.